The zero-order valence-electron chi connectivity index (χ0n) is 12.3. The number of hydrogen-bond acceptors (Lipinski definition) is 5. The second-order valence-corrected chi connectivity index (χ2v) is 4.86. The van der Waals surface area contributed by atoms with Crippen LogP contribution in [0.4, 0.5) is 4.39 Å². The van der Waals surface area contributed by atoms with Crippen molar-refractivity contribution >= 4 is 11.9 Å². The summed E-state index contributed by atoms with van der Waals surface area (Å²) >= 11 is 0. The molecule has 7 heteroatoms. The average Bonchev–Trinajstić information content (AvgIpc) is 3.03. The highest BCUT2D eigenvalue weighted by atomic mass is 19.1. The van der Waals surface area contributed by atoms with Crippen LogP contribution >= 0.6 is 0 Å². The van der Waals surface area contributed by atoms with Crippen molar-refractivity contribution in [2.24, 2.45) is 0 Å². The molecule has 1 aromatic rings. The highest BCUT2D eigenvalue weighted by Gasteiger charge is 2.18. The summed E-state index contributed by atoms with van der Waals surface area (Å²) in [5.41, 5.74) is -0.243. The lowest BCUT2D eigenvalue weighted by molar-refractivity contribution is -0.124. The van der Waals surface area contributed by atoms with Crippen molar-refractivity contribution in [2.75, 3.05) is 26.9 Å². The molecule has 120 valence electrons. The third-order valence-electron chi connectivity index (χ3n) is 3.28. The summed E-state index contributed by atoms with van der Waals surface area (Å²) in [6, 6.07) is 3.77. The topological polar surface area (TPSA) is 73.9 Å². The molecule has 1 aliphatic rings. The predicted octanol–water partition coefficient (Wildman–Crippen LogP) is 1.29. The van der Waals surface area contributed by atoms with Gasteiger partial charge in [-0.2, -0.15) is 0 Å². The molecule has 1 amide bonds. The normalized spacial score (nSPS) is 17.1. The first-order valence-electron chi connectivity index (χ1n) is 6.99. The van der Waals surface area contributed by atoms with E-state index in [1.165, 1.54) is 19.2 Å². The lowest BCUT2D eigenvalue weighted by Crippen LogP contribution is -2.34. The number of carbonyl (C=O) groups is 2. The van der Waals surface area contributed by atoms with Crippen LogP contribution < -0.4 is 10.1 Å². The Morgan fingerprint density at radius 2 is 2.27 bits per heavy atom. The van der Waals surface area contributed by atoms with E-state index in [4.69, 9.17) is 14.2 Å². The molecule has 1 atom stereocenters. The van der Waals surface area contributed by atoms with E-state index in [0.717, 1.165) is 18.9 Å². The fourth-order valence-electron chi connectivity index (χ4n) is 2.08. The lowest BCUT2D eigenvalue weighted by atomic mass is 10.2. The molecule has 0 bridgehead atoms. The summed E-state index contributed by atoms with van der Waals surface area (Å²) in [5.74, 6) is -1.81. The van der Waals surface area contributed by atoms with Gasteiger partial charge in [-0.3, -0.25) is 4.79 Å². The summed E-state index contributed by atoms with van der Waals surface area (Å²) in [5, 5.41) is 2.61. The molecule has 6 nitrogen and oxygen atoms in total. The minimum absolute atomic E-state index is 0.0127. The number of benzene rings is 1. The number of esters is 1. The highest BCUT2D eigenvalue weighted by molar-refractivity contribution is 5.91. The van der Waals surface area contributed by atoms with Crippen LogP contribution in [0.25, 0.3) is 0 Å². The van der Waals surface area contributed by atoms with Crippen LogP contribution in [0.1, 0.15) is 23.2 Å². The standard InChI is InChI=1S/C15H18FNO5/c1-20-10-4-5-12(13(16)7-10)15(19)22-9-14(18)17-8-11-3-2-6-21-11/h4-5,7,11H,2-3,6,8-9H2,1H3,(H,17,18)/t11-/m1/s1. The molecule has 1 aliphatic heterocycles. The molecule has 0 aromatic heterocycles. The summed E-state index contributed by atoms with van der Waals surface area (Å²) in [6.07, 6.45) is 1.89. The monoisotopic (exact) mass is 311 g/mol. The summed E-state index contributed by atoms with van der Waals surface area (Å²) < 4.78 is 28.6. The minimum atomic E-state index is -0.896. The summed E-state index contributed by atoms with van der Waals surface area (Å²) in [4.78, 5) is 23.3. The highest BCUT2D eigenvalue weighted by Crippen LogP contribution is 2.17. The van der Waals surface area contributed by atoms with Gasteiger partial charge in [0, 0.05) is 19.2 Å². The molecule has 1 saturated heterocycles. The van der Waals surface area contributed by atoms with Crippen molar-refractivity contribution in [1.29, 1.82) is 0 Å². The van der Waals surface area contributed by atoms with Crippen LogP contribution in [0.3, 0.4) is 0 Å². The third-order valence-corrected chi connectivity index (χ3v) is 3.28. The second-order valence-electron chi connectivity index (χ2n) is 4.86. The fourth-order valence-corrected chi connectivity index (χ4v) is 2.08. The Morgan fingerprint density at radius 3 is 2.91 bits per heavy atom. The molecule has 0 radical (unpaired) electrons. The van der Waals surface area contributed by atoms with E-state index in [0.29, 0.717) is 18.9 Å². The Morgan fingerprint density at radius 1 is 1.45 bits per heavy atom. The molecule has 2 rings (SSSR count). The van der Waals surface area contributed by atoms with Gasteiger partial charge in [-0.15, -0.1) is 0 Å². The smallest absolute Gasteiger partial charge is 0.341 e. The van der Waals surface area contributed by atoms with Crippen molar-refractivity contribution in [1.82, 2.24) is 5.32 Å². The van der Waals surface area contributed by atoms with Crippen LogP contribution in [-0.2, 0) is 14.3 Å². The van der Waals surface area contributed by atoms with E-state index in [1.807, 2.05) is 0 Å². The van der Waals surface area contributed by atoms with Gasteiger partial charge in [0.25, 0.3) is 5.91 Å². The van der Waals surface area contributed by atoms with Gasteiger partial charge in [-0.05, 0) is 25.0 Å². The van der Waals surface area contributed by atoms with E-state index in [9.17, 15) is 14.0 Å². The Kier molecular flexibility index (Phi) is 5.71. The number of hydrogen-bond donors (Lipinski definition) is 1. The number of nitrogens with one attached hydrogen (secondary N) is 1. The van der Waals surface area contributed by atoms with Crippen molar-refractivity contribution in [3.05, 3.63) is 29.6 Å². The van der Waals surface area contributed by atoms with Gasteiger partial charge in [0.05, 0.1) is 18.8 Å². The van der Waals surface area contributed by atoms with Crippen molar-refractivity contribution < 1.29 is 28.2 Å². The fraction of sp³-hybridized carbons (Fsp3) is 0.467. The van der Waals surface area contributed by atoms with Gasteiger partial charge in [0.1, 0.15) is 11.6 Å². The molecule has 1 aromatic carbocycles. The van der Waals surface area contributed by atoms with E-state index in [1.54, 1.807) is 0 Å². The molecule has 0 unspecified atom stereocenters. The van der Waals surface area contributed by atoms with Gasteiger partial charge in [-0.25, -0.2) is 9.18 Å². The van der Waals surface area contributed by atoms with Gasteiger partial charge in [0.15, 0.2) is 6.61 Å². The van der Waals surface area contributed by atoms with Gasteiger partial charge in [0.2, 0.25) is 0 Å². The summed E-state index contributed by atoms with van der Waals surface area (Å²) in [6.45, 7) is 0.622. The largest absolute Gasteiger partial charge is 0.497 e. The Bertz CT molecular complexity index is 543. The lowest BCUT2D eigenvalue weighted by Gasteiger charge is -2.11. The number of carbonyl (C=O) groups excluding carboxylic acids is 2. The number of ether oxygens (including phenoxy) is 3. The number of rotatable bonds is 6. The Hall–Kier alpha value is -2.15. The molecular formula is C15H18FNO5. The SMILES string of the molecule is COc1ccc(C(=O)OCC(=O)NC[C@H]2CCCO2)c(F)c1. The number of methoxy groups -OCH3 is 1. The van der Waals surface area contributed by atoms with Crippen LogP contribution in [0.5, 0.6) is 5.75 Å². The van der Waals surface area contributed by atoms with Gasteiger partial charge >= 0.3 is 5.97 Å². The van der Waals surface area contributed by atoms with Gasteiger partial charge in [-0.1, -0.05) is 0 Å². The maximum absolute atomic E-state index is 13.7. The minimum Gasteiger partial charge on any atom is -0.497 e. The van der Waals surface area contributed by atoms with E-state index >= 15 is 0 Å². The summed E-state index contributed by atoms with van der Waals surface area (Å²) in [7, 11) is 1.39. The van der Waals surface area contributed by atoms with Crippen molar-refractivity contribution in [3.63, 3.8) is 0 Å². The van der Waals surface area contributed by atoms with Crippen molar-refractivity contribution in [3.8, 4) is 5.75 Å². The molecular weight excluding hydrogens is 293 g/mol. The van der Waals surface area contributed by atoms with E-state index in [2.05, 4.69) is 5.32 Å². The zero-order valence-corrected chi connectivity index (χ0v) is 12.3. The van der Waals surface area contributed by atoms with Crippen LogP contribution in [0, 0.1) is 5.82 Å². The van der Waals surface area contributed by atoms with Crippen LogP contribution in [-0.4, -0.2) is 44.8 Å². The first kappa shape index (κ1) is 16.2. The molecule has 0 spiro atoms. The Labute approximate surface area is 127 Å². The molecule has 0 saturated carbocycles. The zero-order chi connectivity index (χ0) is 15.9. The Balaban J connectivity index is 1.78. The molecule has 1 heterocycles. The maximum atomic E-state index is 13.7. The van der Waals surface area contributed by atoms with Gasteiger partial charge < -0.3 is 19.5 Å². The van der Waals surface area contributed by atoms with E-state index in [-0.39, 0.29) is 11.7 Å². The number of amides is 1. The maximum Gasteiger partial charge on any atom is 0.341 e. The first-order chi connectivity index (χ1) is 10.6. The van der Waals surface area contributed by atoms with Crippen LogP contribution in [0.2, 0.25) is 0 Å². The molecule has 0 aliphatic carbocycles. The average molecular weight is 311 g/mol. The predicted molar refractivity (Wildman–Crippen MR) is 75.2 cm³/mol. The van der Waals surface area contributed by atoms with E-state index < -0.39 is 24.3 Å². The molecule has 1 N–H and O–H groups in total. The van der Waals surface area contributed by atoms with Crippen LogP contribution in [0.15, 0.2) is 18.2 Å². The first-order valence-corrected chi connectivity index (χ1v) is 6.99. The second kappa shape index (κ2) is 7.74. The number of halogens is 1. The quantitative estimate of drug-likeness (QED) is 0.801. The molecule has 1 fully saturated rings. The molecule has 22 heavy (non-hydrogen) atoms. The van der Waals surface area contributed by atoms with Crippen molar-refractivity contribution in [2.45, 2.75) is 18.9 Å². The third kappa shape index (κ3) is 4.42.